The second-order valence-electron chi connectivity index (χ2n) is 4.64. The van der Waals surface area contributed by atoms with Crippen molar-refractivity contribution in [3.8, 4) is 0 Å². The van der Waals surface area contributed by atoms with Gasteiger partial charge in [-0.15, -0.1) is 0 Å². The van der Waals surface area contributed by atoms with Crippen LogP contribution in [0.3, 0.4) is 0 Å². The molecule has 2 rings (SSSR count). The fourth-order valence-corrected chi connectivity index (χ4v) is 3.75. The van der Waals surface area contributed by atoms with Crippen LogP contribution in [0.15, 0.2) is 27.6 Å². The zero-order chi connectivity index (χ0) is 15.8. The zero-order valence-electron chi connectivity index (χ0n) is 11.7. The van der Waals surface area contributed by atoms with Crippen LogP contribution in [0, 0.1) is 13.8 Å². The van der Waals surface area contributed by atoms with Crippen molar-refractivity contribution in [3.63, 3.8) is 0 Å². The van der Waals surface area contributed by atoms with Crippen molar-refractivity contribution in [3.05, 3.63) is 45.3 Å². The van der Waals surface area contributed by atoms with E-state index >= 15 is 0 Å². The Morgan fingerprint density at radius 2 is 1.95 bits per heavy atom. The summed E-state index contributed by atoms with van der Waals surface area (Å²) in [5.41, 5.74) is 1.39. The summed E-state index contributed by atoms with van der Waals surface area (Å²) in [6, 6.07) is 4.33. The molecule has 5 nitrogen and oxygen atoms in total. The minimum absolute atomic E-state index is 0.0223. The first kappa shape index (κ1) is 16.3. The number of sulfonamides is 1. The van der Waals surface area contributed by atoms with Crippen LogP contribution in [0.4, 0.5) is 0 Å². The normalized spacial score (nSPS) is 12.1. The Kier molecular flexibility index (Phi) is 4.63. The molecule has 1 aromatic heterocycles. The van der Waals surface area contributed by atoms with E-state index in [1.807, 2.05) is 0 Å². The highest BCUT2D eigenvalue weighted by atomic mass is 35.5. The van der Waals surface area contributed by atoms with E-state index in [1.165, 1.54) is 29.6 Å². The van der Waals surface area contributed by atoms with Gasteiger partial charge in [-0.3, -0.25) is 0 Å². The minimum atomic E-state index is -3.75. The summed E-state index contributed by atoms with van der Waals surface area (Å²) in [7, 11) is -2.28. The third kappa shape index (κ3) is 3.23. The fourth-order valence-electron chi connectivity index (χ4n) is 1.88. The van der Waals surface area contributed by atoms with Crippen LogP contribution in [0.25, 0.3) is 0 Å². The number of hydrogen-bond donors (Lipinski definition) is 0. The molecular formula is C13H14Cl2N2O3S. The number of aryl methyl sites for hydroxylation is 2. The number of nitrogens with zero attached hydrogens (tertiary/aromatic N) is 2. The van der Waals surface area contributed by atoms with Gasteiger partial charge in [-0.1, -0.05) is 28.4 Å². The average Bonchev–Trinajstić information content (AvgIpc) is 2.73. The fraction of sp³-hybridized carbons (Fsp3) is 0.308. The van der Waals surface area contributed by atoms with Gasteiger partial charge in [0.15, 0.2) is 0 Å². The molecule has 1 aromatic carbocycles. The Hall–Kier alpha value is -1.08. The molecular weight excluding hydrogens is 335 g/mol. The second-order valence-corrected chi connectivity index (χ2v) is 7.50. The van der Waals surface area contributed by atoms with Crippen molar-refractivity contribution in [1.29, 1.82) is 0 Å². The molecule has 0 saturated carbocycles. The molecule has 21 heavy (non-hydrogen) atoms. The number of rotatable bonds is 4. The Morgan fingerprint density at radius 3 is 2.52 bits per heavy atom. The summed E-state index contributed by atoms with van der Waals surface area (Å²) in [5.74, 6) is 0.590. The molecule has 114 valence electrons. The largest absolute Gasteiger partial charge is 0.361 e. The van der Waals surface area contributed by atoms with Gasteiger partial charge in [0.2, 0.25) is 10.0 Å². The van der Waals surface area contributed by atoms with E-state index in [9.17, 15) is 8.42 Å². The average molecular weight is 349 g/mol. The molecule has 0 atom stereocenters. The van der Waals surface area contributed by atoms with E-state index in [2.05, 4.69) is 5.16 Å². The number of benzene rings is 1. The molecule has 0 N–H and O–H groups in total. The summed E-state index contributed by atoms with van der Waals surface area (Å²) in [6.45, 7) is 3.65. The molecule has 0 aliphatic rings. The summed E-state index contributed by atoms with van der Waals surface area (Å²) in [5, 5.41) is 4.25. The summed E-state index contributed by atoms with van der Waals surface area (Å²) < 4.78 is 31.4. The first-order valence-electron chi connectivity index (χ1n) is 6.06. The maximum atomic E-state index is 12.6. The Bertz CT molecular complexity index is 752. The van der Waals surface area contributed by atoms with Crippen molar-refractivity contribution in [1.82, 2.24) is 9.46 Å². The number of hydrogen-bond acceptors (Lipinski definition) is 4. The van der Waals surface area contributed by atoms with Gasteiger partial charge >= 0.3 is 0 Å². The van der Waals surface area contributed by atoms with E-state index < -0.39 is 10.0 Å². The molecule has 0 spiro atoms. The molecule has 0 radical (unpaired) electrons. The van der Waals surface area contributed by atoms with Crippen LogP contribution in [-0.2, 0) is 16.6 Å². The van der Waals surface area contributed by atoms with Crippen LogP contribution in [0.1, 0.15) is 17.0 Å². The van der Waals surface area contributed by atoms with Gasteiger partial charge in [-0.05, 0) is 32.0 Å². The highest BCUT2D eigenvalue weighted by Gasteiger charge is 2.26. The predicted octanol–water partition coefficient (Wildman–Crippen LogP) is 3.42. The van der Waals surface area contributed by atoms with Gasteiger partial charge in [0.1, 0.15) is 10.7 Å². The standard InChI is InChI=1S/C13H14Cl2N2O3S/c1-8-11(9(2)20-16-8)7-17(3)21(18,19)13-6-10(14)4-5-12(13)15/h4-6H,7H2,1-3H3. The van der Waals surface area contributed by atoms with Crippen molar-refractivity contribution < 1.29 is 12.9 Å². The van der Waals surface area contributed by atoms with Crippen molar-refractivity contribution in [2.45, 2.75) is 25.3 Å². The topological polar surface area (TPSA) is 63.4 Å². The van der Waals surface area contributed by atoms with E-state index in [0.717, 1.165) is 5.56 Å². The zero-order valence-corrected chi connectivity index (χ0v) is 14.1. The van der Waals surface area contributed by atoms with Crippen LogP contribution in [0.5, 0.6) is 0 Å². The third-order valence-corrected chi connectivity index (χ3v) is 5.66. The van der Waals surface area contributed by atoms with E-state index in [1.54, 1.807) is 13.8 Å². The van der Waals surface area contributed by atoms with Gasteiger partial charge in [0.05, 0.1) is 10.7 Å². The van der Waals surface area contributed by atoms with Crippen molar-refractivity contribution in [2.75, 3.05) is 7.05 Å². The lowest BCUT2D eigenvalue weighted by Gasteiger charge is -2.18. The number of halogens is 2. The molecule has 0 aliphatic heterocycles. The van der Waals surface area contributed by atoms with Gasteiger partial charge in [0, 0.05) is 24.2 Å². The van der Waals surface area contributed by atoms with Crippen LogP contribution >= 0.6 is 23.2 Å². The predicted molar refractivity (Wildman–Crippen MR) is 81.1 cm³/mol. The number of aromatic nitrogens is 1. The van der Waals surface area contributed by atoms with Crippen molar-refractivity contribution in [2.24, 2.45) is 0 Å². The Morgan fingerprint density at radius 1 is 1.29 bits per heavy atom. The monoisotopic (exact) mass is 348 g/mol. The van der Waals surface area contributed by atoms with Gasteiger partial charge in [-0.2, -0.15) is 4.31 Å². The summed E-state index contributed by atoms with van der Waals surface area (Å²) in [6.07, 6.45) is 0. The Balaban J connectivity index is 2.37. The molecule has 0 aliphatic carbocycles. The lowest BCUT2D eigenvalue weighted by Crippen LogP contribution is -2.27. The lowest BCUT2D eigenvalue weighted by atomic mass is 10.2. The smallest absolute Gasteiger partial charge is 0.244 e. The summed E-state index contributed by atoms with van der Waals surface area (Å²) >= 11 is 11.8. The van der Waals surface area contributed by atoms with Gasteiger partial charge in [0.25, 0.3) is 0 Å². The molecule has 0 fully saturated rings. The Labute approximate surface area is 133 Å². The second kappa shape index (κ2) is 5.96. The highest BCUT2D eigenvalue weighted by molar-refractivity contribution is 7.89. The minimum Gasteiger partial charge on any atom is -0.361 e. The molecule has 8 heteroatoms. The third-order valence-electron chi connectivity index (χ3n) is 3.14. The molecule has 2 aromatic rings. The first-order chi connectivity index (χ1) is 9.73. The molecule has 0 unspecified atom stereocenters. The molecule has 1 heterocycles. The van der Waals surface area contributed by atoms with Gasteiger partial charge < -0.3 is 4.52 Å². The van der Waals surface area contributed by atoms with E-state index in [-0.39, 0.29) is 16.5 Å². The maximum Gasteiger partial charge on any atom is 0.244 e. The lowest BCUT2D eigenvalue weighted by molar-refractivity contribution is 0.390. The molecule has 0 saturated heterocycles. The first-order valence-corrected chi connectivity index (χ1v) is 8.26. The van der Waals surface area contributed by atoms with Gasteiger partial charge in [-0.25, -0.2) is 8.42 Å². The SMILES string of the molecule is Cc1noc(C)c1CN(C)S(=O)(=O)c1cc(Cl)ccc1Cl. The highest BCUT2D eigenvalue weighted by Crippen LogP contribution is 2.28. The van der Waals surface area contributed by atoms with Crippen LogP contribution < -0.4 is 0 Å². The van der Waals surface area contributed by atoms with Crippen LogP contribution in [0.2, 0.25) is 10.0 Å². The quantitative estimate of drug-likeness (QED) is 0.849. The van der Waals surface area contributed by atoms with E-state index in [4.69, 9.17) is 27.7 Å². The molecule has 0 amide bonds. The summed E-state index contributed by atoms with van der Waals surface area (Å²) in [4.78, 5) is -0.0223. The van der Waals surface area contributed by atoms with Crippen molar-refractivity contribution >= 4 is 33.2 Å². The van der Waals surface area contributed by atoms with Crippen LogP contribution in [-0.4, -0.2) is 24.9 Å². The van der Waals surface area contributed by atoms with E-state index in [0.29, 0.717) is 16.5 Å². The molecule has 0 bridgehead atoms. The maximum absolute atomic E-state index is 12.6.